The zero-order valence-corrected chi connectivity index (χ0v) is 22.4. The Kier molecular flexibility index (Phi) is 11.5. The molecule has 0 spiro atoms. The summed E-state index contributed by atoms with van der Waals surface area (Å²) >= 11 is 0. The Bertz CT molecular complexity index is 632. The summed E-state index contributed by atoms with van der Waals surface area (Å²) in [5.74, 6) is 1.76. The van der Waals surface area contributed by atoms with E-state index in [-0.39, 0.29) is 47.9 Å². The quantitative estimate of drug-likeness (QED) is 0.250. The van der Waals surface area contributed by atoms with E-state index in [1.54, 1.807) is 7.05 Å². The van der Waals surface area contributed by atoms with Crippen LogP contribution < -0.4 is 16.0 Å². The predicted octanol–water partition coefficient (Wildman–Crippen LogP) is 1.80. The second-order valence-electron chi connectivity index (χ2n) is 9.66. The van der Waals surface area contributed by atoms with E-state index in [9.17, 15) is 9.59 Å². The number of carbonyl (C=O) groups excluding carboxylic acids is 2. The molecule has 2 aliphatic carbocycles. The SMILES string of the molecule is CN=C(NCCN1CCN(C(=O)C2CCC2)CC1)NC1CCCC(C(=O)NC(C)C)C1.I. The molecule has 2 atom stereocenters. The van der Waals surface area contributed by atoms with Gasteiger partial charge in [0.1, 0.15) is 0 Å². The molecule has 1 saturated heterocycles. The highest BCUT2D eigenvalue weighted by atomic mass is 127. The van der Waals surface area contributed by atoms with Crippen LogP contribution in [0.4, 0.5) is 0 Å². The van der Waals surface area contributed by atoms with Gasteiger partial charge in [0.25, 0.3) is 0 Å². The zero-order chi connectivity index (χ0) is 22.2. The minimum Gasteiger partial charge on any atom is -0.355 e. The fourth-order valence-corrected chi connectivity index (χ4v) is 4.79. The first-order valence-electron chi connectivity index (χ1n) is 12.2. The molecule has 3 aliphatic rings. The number of nitrogens with zero attached hydrogens (tertiary/aromatic N) is 3. The Labute approximate surface area is 210 Å². The van der Waals surface area contributed by atoms with Crippen LogP contribution in [0, 0.1) is 11.8 Å². The van der Waals surface area contributed by atoms with Gasteiger partial charge in [-0.2, -0.15) is 0 Å². The van der Waals surface area contributed by atoms with Crippen molar-refractivity contribution in [2.24, 2.45) is 16.8 Å². The largest absolute Gasteiger partial charge is 0.355 e. The lowest BCUT2D eigenvalue weighted by Gasteiger charge is -2.38. The van der Waals surface area contributed by atoms with E-state index in [1.165, 1.54) is 6.42 Å². The predicted molar refractivity (Wildman–Crippen MR) is 139 cm³/mol. The van der Waals surface area contributed by atoms with Crippen molar-refractivity contribution in [2.75, 3.05) is 46.3 Å². The van der Waals surface area contributed by atoms with Crippen LogP contribution in [0.3, 0.4) is 0 Å². The molecule has 0 aromatic rings. The fourth-order valence-electron chi connectivity index (χ4n) is 4.79. The monoisotopic (exact) mass is 562 g/mol. The Morgan fingerprint density at radius 3 is 2.25 bits per heavy atom. The Balaban J connectivity index is 0.00000363. The summed E-state index contributed by atoms with van der Waals surface area (Å²) in [5, 5.41) is 9.99. The average Bonchev–Trinajstić information content (AvgIpc) is 2.72. The van der Waals surface area contributed by atoms with Gasteiger partial charge in [-0.25, -0.2) is 0 Å². The second kappa shape index (κ2) is 13.6. The molecular formula is C23H43IN6O2. The van der Waals surface area contributed by atoms with Gasteiger partial charge in [-0.1, -0.05) is 12.8 Å². The summed E-state index contributed by atoms with van der Waals surface area (Å²) in [7, 11) is 1.80. The van der Waals surface area contributed by atoms with Crippen LogP contribution in [-0.4, -0.2) is 86.0 Å². The van der Waals surface area contributed by atoms with Crippen molar-refractivity contribution in [1.82, 2.24) is 25.8 Å². The van der Waals surface area contributed by atoms with Gasteiger partial charge in [-0.3, -0.25) is 19.5 Å². The third kappa shape index (κ3) is 8.04. The van der Waals surface area contributed by atoms with E-state index >= 15 is 0 Å². The van der Waals surface area contributed by atoms with Crippen molar-refractivity contribution < 1.29 is 9.59 Å². The van der Waals surface area contributed by atoms with E-state index in [1.807, 2.05) is 13.8 Å². The standard InChI is InChI=1S/C23H42N6O2.HI/c1-17(2)26-21(30)19-8-5-9-20(16-19)27-23(24-3)25-10-11-28-12-14-29(15-13-28)22(31)18-6-4-7-18;/h17-20H,4-16H2,1-3H3,(H,26,30)(H2,24,25,27);1H. The number of aliphatic imine (C=N–C) groups is 1. The first-order chi connectivity index (χ1) is 15.0. The molecular weight excluding hydrogens is 519 g/mol. The van der Waals surface area contributed by atoms with Crippen LogP contribution in [0.2, 0.25) is 0 Å². The Morgan fingerprint density at radius 1 is 1.00 bits per heavy atom. The van der Waals surface area contributed by atoms with Crippen LogP contribution in [0.1, 0.15) is 58.8 Å². The molecule has 9 heteroatoms. The summed E-state index contributed by atoms with van der Waals surface area (Å²) in [6.07, 6.45) is 7.34. The fraction of sp³-hybridized carbons (Fsp3) is 0.870. The summed E-state index contributed by atoms with van der Waals surface area (Å²) < 4.78 is 0. The van der Waals surface area contributed by atoms with Crippen LogP contribution >= 0.6 is 24.0 Å². The number of carbonyl (C=O) groups is 2. The van der Waals surface area contributed by atoms with Crippen molar-refractivity contribution in [1.29, 1.82) is 0 Å². The van der Waals surface area contributed by atoms with Gasteiger partial charge in [0.2, 0.25) is 11.8 Å². The highest BCUT2D eigenvalue weighted by molar-refractivity contribution is 14.0. The molecule has 3 N–H and O–H groups in total. The lowest BCUT2D eigenvalue weighted by molar-refractivity contribution is -0.140. The van der Waals surface area contributed by atoms with E-state index in [0.717, 1.165) is 83.8 Å². The molecule has 1 aliphatic heterocycles. The number of hydrogen-bond donors (Lipinski definition) is 3. The molecule has 3 rings (SSSR count). The smallest absolute Gasteiger partial charge is 0.225 e. The first-order valence-corrected chi connectivity index (χ1v) is 12.2. The number of halogens is 1. The molecule has 1 heterocycles. The van der Waals surface area contributed by atoms with Crippen molar-refractivity contribution in [2.45, 2.75) is 70.9 Å². The topological polar surface area (TPSA) is 89.1 Å². The molecule has 0 bridgehead atoms. The molecule has 2 unspecified atom stereocenters. The molecule has 184 valence electrons. The molecule has 0 aromatic carbocycles. The highest BCUT2D eigenvalue weighted by Gasteiger charge is 2.31. The number of nitrogens with one attached hydrogen (secondary N) is 3. The van der Waals surface area contributed by atoms with Gasteiger partial charge >= 0.3 is 0 Å². The maximum absolute atomic E-state index is 12.4. The van der Waals surface area contributed by atoms with E-state index in [0.29, 0.717) is 11.8 Å². The van der Waals surface area contributed by atoms with Crippen molar-refractivity contribution >= 4 is 41.8 Å². The third-order valence-corrected chi connectivity index (χ3v) is 6.90. The Hall–Kier alpha value is -1.10. The van der Waals surface area contributed by atoms with Gasteiger partial charge in [-0.05, 0) is 46.0 Å². The Morgan fingerprint density at radius 2 is 1.66 bits per heavy atom. The third-order valence-electron chi connectivity index (χ3n) is 6.90. The normalized spacial score (nSPS) is 25.0. The maximum Gasteiger partial charge on any atom is 0.225 e. The minimum absolute atomic E-state index is 0. The number of hydrogen-bond acceptors (Lipinski definition) is 4. The van der Waals surface area contributed by atoms with E-state index < -0.39 is 0 Å². The second-order valence-corrected chi connectivity index (χ2v) is 9.66. The van der Waals surface area contributed by atoms with E-state index in [2.05, 4.69) is 30.7 Å². The first kappa shape index (κ1) is 27.1. The average molecular weight is 563 g/mol. The number of piperazine rings is 1. The molecule has 3 fully saturated rings. The molecule has 0 radical (unpaired) electrons. The van der Waals surface area contributed by atoms with Crippen LogP contribution in [0.5, 0.6) is 0 Å². The lowest BCUT2D eigenvalue weighted by atomic mass is 9.84. The summed E-state index contributed by atoms with van der Waals surface area (Å²) in [5.41, 5.74) is 0. The van der Waals surface area contributed by atoms with Crippen molar-refractivity contribution in [3.05, 3.63) is 0 Å². The zero-order valence-electron chi connectivity index (χ0n) is 20.1. The molecule has 32 heavy (non-hydrogen) atoms. The number of guanidine groups is 1. The van der Waals surface area contributed by atoms with Gasteiger partial charge in [-0.15, -0.1) is 24.0 Å². The highest BCUT2D eigenvalue weighted by Crippen LogP contribution is 2.28. The molecule has 0 aromatic heterocycles. The van der Waals surface area contributed by atoms with Gasteiger partial charge in [0.05, 0.1) is 0 Å². The lowest BCUT2D eigenvalue weighted by Crippen LogP contribution is -2.53. The number of amides is 2. The molecule has 8 nitrogen and oxygen atoms in total. The van der Waals surface area contributed by atoms with Crippen LogP contribution in [0.25, 0.3) is 0 Å². The number of rotatable bonds is 7. The van der Waals surface area contributed by atoms with Crippen molar-refractivity contribution in [3.63, 3.8) is 0 Å². The summed E-state index contributed by atoms with van der Waals surface area (Å²) in [6.45, 7) is 9.37. The van der Waals surface area contributed by atoms with Gasteiger partial charge in [0.15, 0.2) is 5.96 Å². The van der Waals surface area contributed by atoms with Gasteiger partial charge in [0, 0.05) is 70.2 Å². The van der Waals surface area contributed by atoms with Crippen molar-refractivity contribution in [3.8, 4) is 0 Å². The summed E-state index contributed by atoms with van der Waals surface area (Å²) in [4.78, 5) is 33.6. The van der Waals surface area contributed by atoms with Crippen LogP contribution in [-0.2, 0) is 9.59 Å². The minimum atomic E-state index is 0. The summed E-state index contributed by atoms with van der Waals surface area (Å²) in [6, 6.07) is 0.470. The molecule has 2 saturated carbocycles. The molecule has 2 amide bonds. The maximum atomic E-state index is 12.4. The van der Waals surface area contributed by atoms with Gasteiger partial charge < -0.3 is 20.9 Å². The van der Waals surface area contributed by atoms with E-state index in [4.69, 9.17) is 0 Å². The van der Waals surface area contributed by atoms with Crippen LogP contribution in [0.15, 0.2) is 4.99 Å².